The Morgan fingerprint density at radius 2 is 2.00 bits per heavy atom. The van der Waals surface area contributed by atoms with E-state index in [0.29, 0.717) is 6.04 Å². The van der Waals surface area contributed by atoms with Crippen molar-refractivity contribution >= 4 is 0 Å². The van der Waals surface area contributed by atoms with Crippen LogP contribution >= 0.6 is 0 Å². The van der Waals surface area contributed by atoms with Crippen LogP contribution in [0, 0.1) is 5.92 Å². The van der Waals surface area contributed by atoms with Gasteiger partial charge in [-0.05, 0) is 69.8 Å². The van der Waals surface area contributed by atoms with Gasteiger partial charge in [0, 0.05) is 6.04 Å². The predicted molar refractivity (Wildman–Crippen MR) is 84.1 cm³/mol. The summed E-state index contributed by atoms with van der Waals surface area (Å²) in [7, 11) is 1.75. The Bertz CT molecular complexity index is 400. The topological polar surface area (TPSA) is 38.5 Å². The highest BCUT2D eigenvalue weighted by Gasteiger charge is 2.22. The van der Waals surface area contributed by atoms with E-state index < -0.39 is 0 Å². The normalized spacial score (nSPS) is 18.9. The molecular formula is C17H28N2O. The summed E-state index contributed by atoms with van der Waals surface area (Å²) in [5.41, 5.74) is 6.97. The summed E-state index contributed by atoms with van der Waals surface area (Å²) < 4.78 is 5.45. The number of nitrogens with two attached hydrogens (primary N) is 1. The fraction of sp³-hybridized carbons (Fsp3) is 0.647. The molecule has 3 nitrogen and oxygen atoms in total. The molecule has 0 spiro atoms. The molecule has 0 aromatic heterocycles. The molecule has 1 unspecified atom stereocenters. The summed E-state index contributed by atoms with van der Waals surface area (Å²) in [6.07, 6.45) is 4.85. The molecule has 112 valence electrons. The molecule has 1 atom stereocenters. The Morgan fingerprint density at radius 3 is 2.65 bits per heavy atom. The molecular weight excluding hydrogens is 248 g/mol. The lowest BCUT2D eigenvalue weighted by atomic mass is 9.92. The van der Waals surface area contributed by atoms with Gasteiger partial charge in [-0.2, -0.15) is 0 Å². The van der Waals surface area contributed by atoms with Crippen LogP contribution in [-0.2, 0) is 6.42 Å². The summed E-state index contributed by atoms with van der Waals surface area (Å²) in [6, 6.07) is 8.93. The smallest absolute Gasteiger partial charge is 0.122 e. The van der Waals surface area contributed by atoms with Crippen LogP contribution in [0.4, 0.5) is 0 Å². The first-order valence-electron chi connectivity index (χ1n) is 7.80. The standard InChI is InChI=1S/C17H28N2O/c1-14(13-16-5-3-4-6-17(16)20-2)19-11-8-15(7-10-18)9-12-19/h3-6,14-15H,7-13,18H2,1-2H3. The van der Waals surface area contributed by atoms with E-state index in [1.807, 2.05) is 6.07 Å². The first-order chi connectivity index (χ1) is 9.74. The molecule has 0 amide bonds. The molecule has 2 rings (SSSR count). The molecule has 1 saturated heterocycles. The van der Waals surface area contributed by atoms with E-state index in [0.717, 1.165) is 24.6 Å². The van der Waals surface area contributed by atoms with E-state index in [4.69, 9.17) is 10.5 Å². The highest BCUT2D eigenvalue weighted by atomic mass is 16.5. The number of piperidine rings is 1. The number of methoxy groups -OCH3 is 1. The second kappa shape index (κ2) is 7.65. The molecule has 0 saturated carbocycles. The van der Waals surface area contributed by atoms with E-state index in [9.17, 15) is 0 Å². The van der Waals surface area contributed by atoms with Crippen LogP contribution in [0.1, 0.15) is 31.7 Å². The van der Waals surface area contributed by atoms with E-state index in [1.54, 1.807) is 7.11 Å². The Hall–Kier alpha value is -1.06. The minimum absolute atomic E-state index is 0.574. The fourth-order valence-electron chi connectivity index (χ4n) is 3.24. The summed E-state index contributed by atoms with van der Waals surface area (Å²) in [5.74, 6) is 1.85. The first-order valence-corrected chi connectivity index (χ1v) is 7.80. The second-order valence-corrected chi connectivity index (χ2v) is 5.92. The van der Waals surface area contributed by atoms with Crippen molar-refractivity contribution in [3.05, 3.63) is 29.8 Å². The third-order valence-corrected chi connectivity index (χ3v) is 4.56. The van der Waals surface area contributed by atoms with Gasteiger partial charge in [0.1, 0.15) is 5.75 Å². The van der Waals surface area contributed by atoms with E-state index in [2.05, 4.69) is 30.0 Å². The largest absolute Gasteiger partial charge is 0.496 e. The fourth-order valence-corrected chi connectivity index (χ4v) is 3.24. The summed E-state index contributed by atoms with van der Waals surface area (Å²) in [5, 5.41) is 0. The Balaban J connectivity index is 1.88. The molecule has 0 radical (unpaired) electrons. The van der Waals surface area contributed by atoms with Crippen LogP contribution in [0.5, 0.6) is 5.75 Å². The van der Waals surface area contributed by atoms with Gasteiger partial charge in [-0.15, -0.1) is 0 Å². The SMILES string of the molecule is COc1ccccc1CC(C)N1CCC(CCN)CC1. The number of para-hydroxylation sites is 1. The van der Waals surface area contributed by atoms with Crippen molar-refractivity contribution < 1.29 is 4.74 Å². The Kier molecular flexibility index (Phi) is 5.86. The molecule has 1 aliphatic rings. The van der Waals surface area contributed by atoms with E-state index in [1.165, 1.54) is 37.9 Å². The van der Waals surface area contributed by atoms with Gasteiger partial charge in [-0.1, -0.05) is 18.2 Å². The predicted octanol–water partition coefficient (Wildman–Crippen LogP) is 2.69. The zero-order chi connectivity index (χ0) is 14.4. The molecule has 1 aromatic rings. The Labute approximate surface area is 123 Å². The molecule has 20 heavy (non-hydrogen) atoms. The minimum atomic E-state index is 0.574. The van der Waals surface area contributed by atoms with Crippen molar-refractivity contribution in [3.63, 3.8) is 0 Å². The molecule has 1 aromatic carbocycles. The number of rotatable bonds is 6. The number of ether oxygens (including phenoxy) is 1. The van der Waals surface area contributed by atoms with Crippen molar-refractivity contribution in [1.29, 1.82) is 0 Å². The van der Waals surface area contributed by atoms with Crippen LogP contribution in [0.25, 0.3) is 0 Å². The average Bonchev–Trinajstić information content (AvgIpc) is 2.49. The quantitative estimate of drug-likeness (QED) is 0.868. The maximum Gasteiger partial charge on any atom is 0.122 e. The monoisotopic (exact) mass is 276 g/mol. The van der Waals surface area contributed by atoms with Crippen LogP contribution in [0.2, 0.25) is 0 Å². The van der Waals surface area contributed by atoms with Gasteiger partial charge in [-0.25, -0.2) is 0 Å². The van der Waals surface area contributed by atoms with Crippen molar-refractivity contribution in [1.82, 2.24) is 4.90 Å². The molecule has 1 aliphatic heterocycles. The van der Waals surface area contributed by atoms with Crippen LogP contribution in [-0.4, -0.2) is 37.7 Å². The molecule has 1 fully saturated rings. The van der Waals surface area contributed by atoms with Crippen molar-refractivity contribution in [2.45, 2.75) is 38.6 Å². The molecule has 1 heterocycles. The second-order valence-electron chi connectivity index (χ2n) is 5.92. The third-order valence-electron chi connectivity index (χ3n) is 4.56. The van der Waals surface area contributed by atoms with Crippen LogP contribution in [0.15, 0.2) is 24.3 Å². The van der Waals surface area contributed by atoms with Gasteiger partial charge in [-0.3, -0.25) is 0 Å². The van der Waals surface area contributed by atoms with Gasteiger partial charge in [0.15, 0.2) is 0 Å². The van der Waals surface area contributed by atoms with Gasteiger partial charge >= 0.3 is 0 Å². The Morgan fingerprint density at radius 1 is 1.30 bits per heavy atom. The number of hydrogen-bond acceptors (Lipinski definition) is 3. The lowest BCUT2D eigenvalue weighted by Gasteiger charge is -2.36. The van der Waals surface area contributed by atoms with Crippen LogP contribution < -0.4 is 10.5 Å². The molecule has 3 heteroatoms. The highest BCUT2D eigenvalue weighted by molar-refractivity contribution is 5.33. The van der Waals surface area contributed by atoms with Crippen LogP contribution in [0.3, 0.4) is 0 Å². The zero-order valence-corrected chi connectivity index (χ0v) is 12.8. The first kappa shape index (κ1) is 15.3. The van der Waals surface area contributed by atoms with Crippen molar-refractivity contribution in [2.75, 3.05) is 26.7 Å². The molecule has 0 aliphatic carbocycles. The number of hydrogen-bond donors (Lipinski definition) is 1. The van der Waals surface area contributed by atoms with E-state index in [-0.39, 0.29) is 0 Å². The lowest BCUT2D eigenvalue weighted by Crippen LogP contribution is -2.41. The number of benzene rings is 1. The minimum Gasteiger partial charge on any atom is -0.496 e. The van der Waals surface area contributed by atoms with Gasteiger partial charge < -0.3 is 15.4 Å². The average molecular weight is 276 g/mol. The third kappa shape index (κ3) is 3.97. The zero-order valence-electron chi connectivity index (χ0n) is 12.8. The van der Waals surface area contributed by atoms with Crippen molar-refractivity contribution in [3.8, 4) is 5.75 Å². The van der Waals surface area contributed by atoms with Gasteiger partial charge in [0.25, 0.3) is 0 Å². The maximum atomic E-state index is 5.66. The summed E-state index contributed by atoms with van der Waals surface area (Å²) in [4.78, 5) is 2.61. The number of nitrogens with zero attached hydrogens (tertiary/aromatic N) is 1. The maximum absolute atomic E-state index is 5.66. The summed E-state index contributed by atoms with van der Waals surface area (Å²) >= 11 is 0. The number of likely N-dealkylation sites (tertiary alicyclic amines) is 1. The lowest BCUT2D eigenvalue weighted by molar-refractivity contribution is 0.137. The molecule has 2 N–H and O–H groups in total. The van der Waals surface area contributed by atoms with E-state index >= 15 is 0 Å². The van der Waals surface area contributed by atoms with Gasteiger partial charge in [0.05, 0.1) is 7.11 Å². The highest BCUT2D eigenvalue weighted by Crippen LogP contribution is 2.25. The molecule has 0 bridgehead atoms. The van der Waals surface area contributed by atoms with Gasteiger partial charge in [0.2, 0.25) is 0 Å². The van der Waals surface area contributed by atoms with Crippen molar-refractivity contribution in [2.24, 2.45) is 11.7 Å². The summed E-state index contributed by atoms with van der Waals surface area (Å²) in [6.45, 7) is 5.58.